The molecule has 0 saturated carbocycles. The first-order valence-corrected chi connectivity index (χ1v) is 7.53. The van der Waals surface area contributed by atoms with E-state index in [0.717, 1.165) is 19.4 Å². The number of carbonyl (C=O) groups excluding carboxylic acids is 1. The van der Waals surface area contributed by atoms with Gasteiger partial charge >= 0.3 is 0 Å². The highest BCUT2D eigenvalue weighted by atomic mass is 35.5. The summed E-state index contributed by atoms with van der Waals surface area (Å²) in [7, 11) is 0. The summed E-state index contributed by atoms with van der Waals surface area (Å²) in [5.74, 6) is 0.127. The molecule has 0 aliphatic rings. The molecule has 2 N–H and O–H groups in total. The standard InChI is InChI=1S/C16H20ClN3O/c17-9-5-11-20-16(21)15(12-18)13-19-10-4-8-14-6-2-1-3-7-14/h1-3,6-7,13,19H,4-5,8-11H2,(H,20,21)/b15-13-. The van der Waals surface area contributed by atoms with Crippen LogP contribution in [-0.4, -0.2) is 24.9 Å². The second-order valence-corrected chi connectivity index (χ2v) is 4.89. The SMILES string of the molecule is N#C/C(=C/NCCCc1ccccc1)C(=O)NCCCCl. The topological polar surface area (TPSA) is 64.9 Å². The molecule has 0 aliphatic carbocycles. The smallest absolute Gasteiger partial charge is 0.263 e. The number of halogens is 1. The van der Waals surface area contributed by atoms with E-state index < -0.39 is 0 Å². The fraction of sp³-hybridized carbons (Fsp3) is 0.375. The fourth-order valence-corrected chi connectivity index (χ4v) is 1.86. The van der Waals surface area contributed by atoms with Crippen molar-refractivity contribution in [3.8, 4) is 6.07 Å². The number of benzene rings is 1. The molecule has 0 atom stereocenters. The number of rotatable bonds is 9. The molecule has 0 radical (unpaired) electrons. The van der Waals surface area contributed by atoms with Crippen LogP contribution in [0, 0.1) is 11.3 Å². The van der Waals surface area contributed by atoms with E-state index >= 15 is 0 Å². The summed E-state index contributed by atoms with van der Waals surface area (Å²) < 4.78 is 0. The van der Waals surface area contributed by atoms with Gasteiger partial charge in [-0.05, 0) is 24.8 Å². The lowest BCUT2D eigenvalue weighted by Gasteiger charge is -2.04. The molecule has 21 heavy (non-hydrogen) atoms. The summed E-state index contributed by atoms with van der Waals surface area (Å²) in [5, 5.41) is 14.6. The van der Waals surface area contributed by atoms with E-state index in [4.69, 9.17) is 16.9 Å². The first kappa shape index (κ1) is 17.1. The Morgan fingerprint density at radius 2 is 2.00 bits per heavy atom. The Kier molecular flexibility index (Phi) is 8.74. The molecule has 5 heteroatoms. The number of alkyl halides is 1. The van der Waals surface area contributed by atoms with Gasteiger partial charge in [-0.2, -0.15) is 5.26 Å². The van der Waals surface area contributed by atoms with Crippen molar-refractivity contribution in [2.75, 3.05) is 19.0 Å². The predicted molar refractivity (Wildman–Crippen MR) is 84.8 cm³/mol. The number of aryl methyl sites for hydroxylation is 1. The van der Waals surface area contributed by atoms with Crippen LogP contribution in [0.1, 0.15) is 18.4 Å². The van der Waals surface area contributed by atoms with E-state index in [2.05, 4.69) is 22.8 Å². The van der Waals surface area contributed by atoms with E-state index in [9.17, 15) is 4.79 Å². The lowest BCUT2D eigenvalue weighted by Crippen LogP contribution is -2.27. The van der Waals surface area contributed by atoms with Gasteiger partial charge in [0.25, 0.3) is 5.91 Å². The van der Waals surface area contributed by atoms with Gasteiger partial charge in [-0.1, -0.05) is 30.3 Å². The third-order valence-corrected chi connectivity index (χ3v) is 3.10. The van der Waals surface area contributed by atoms with E-state index in [1.807, 2.05) is 24.3 Å². The zero-order valence-corrected chi connectivity index (χ0v) is 12.7. The fourth-order valence-electron chi connectivity index (χ4n) is 1.73. The van der Waals surface area contributed by atoms with Crippen molar-refractivity contribution >= 4 is 17.5 Å². The maximum Gasteiger partial charge on any atom is 0.263 e. The summed E-state index contributed by atoms with van der Waals surface area (Å²) >= 11 is 5.52. The Bertz CT molecular complexity index is 494. The summed E-state index contributed by atoms with van der Waals surface area (Å²) in [5.41, 5.74) is 1.37. The molecule has 1 aromatic rings. The Morgan fingerprint density at radius 3 is 2.67 bits per heavy atom. The number of nitriles is 1. The van der Waals surface area contributed by atoms with Crippen LogP contribution in [0.15, 0.2) is 42.1 Å². The van der Waals surface area contributed by atoms with E-state index in [0.29, 0.717) is 18.8 Å². The second-order valence-electron chi connectivity index (χ2n) is 4.51. The first-order chi connectivity index (χ1) is 10.3. The molecule has 0 unspecified atom stereocenters. The molecule has 0 bridgehead atoms. The van der Waals surface area contributed by atoms with Gasteiger partial charge in [-0.15, -0.1) is 11.6 Å². The molecule has 0 aliphatic heterocycles. The highest BCUT2D eigenvalue weighted by Crippen LogP contribution is 2.01. The van der Waals surface area contributed by atoms with Crippen molar-refractivity contribution in [1.29, 1.82) is 5.26 Å². The van der Waals surface area contributed by atoms with Crippen molar-refractivity contribution < 1.29 is 4.79 Å². The minimum atomic E-state index is -0.363. The summed E-state index contributed by atoms with van der Waals surface area (Å²) in [6.07, 6.45) is 4.07. The molecule has 0 spiro atoms. The number of hydrogen-bond donors (Lipinski definition) is 2. The van der Waals surface area contributed by atoms with Gasteiger partial charge in [0, 0.05) is 25.2 Å². The average molecular weight is 306 g/mol. The van der Waals surface area contributed by atoms with Crippen molar-refractivity contribution in [3.05, 3.63) is 47.7 Å². The van der Waals surface area contributed by atoms with Crippen LogP contribution in [0.4, 0.5) is 0 Å². The molecular weight excluding hydrogens is 286 g/mol. The summed E-state index contributed by atoms with van der Waals surface area (Å²) in [6, 6.07) is 12.1. The van der Waals surface area contributed by atoms with Crippen molar-refractivity contribution in [3.63, 3.8) is 0 Å². The Morgan fingerprint density at radius 1 is 1.24 bits per heavy atom. The zero-order chi connectivity index (χ0) is 15.3. The van der Waals surface area contributed by atoms with Crippen LogP contribution >= 0.6 is 11.6 Å². The molecule has 4 nitrogen and oxygen atoms in total. The number of amides is 1. The highest BCUT2D eigenvalue weighted by molar-refractivity contribution is 6.17. The number of hydrogen-bond acceptors (Lipinski definition) is 3. The maximum atomic E-state index is 11.6. The number of carbonyl (C=O) groups is 1. The van der Waals surface area contributed by atoms with Gasteiger partial charge in [0.2, 0.25) is 0 Å². The zero-order valence-electron chi connectivity index (χ0n) is 11.9. The normalized spacial score (nSPS) is 10.8. The molecule has 1 rings (SSSR count). The van der Waals surface area contributed by atoms with Gasteiger partial charge in [-0.3, -0.25) is 4.79 Å². The van der Waals surface area contributed by atoms with Crippen LogP contribution in [-0.2, 0) is 11.2 Å². The third kappa shape index (κ3) is 7.38. The van der Waals surface area contributed by atoms with Crippen LogP contribution < -0.4 is 10.6 Å². The number of nitrogens with one attached hydrogen (secondary N) is 2. The van der Waals surface area contributed by atoms with Crippen LogP contribution in [0.2, 0.25) is 0 Å². The molecular formula is C16H20ClN3O. The van der Waals surface area contributed by atoms with Crippen LogP contribution in [0.5, 0.6) is 0 Å². The molecule has 0 saturated heterocycles. The van der Waals surface area contributed by atoms with Crippen LogP contribution in [0.3, 0.4) is 0 Å². The lowest BCUT2D eigenvalue weighted by atomic mass is 10.1. The highest BCUT2D eigenvalue weighted by Gasteiger charge is 2.06. The summed E-state index contributed by atoms with van der Waals surface area (Å²) in [6.45, 7) is 1.20. The predicted octanol–water partition coefficient (Wildman–Crippen LogP) is 2.36. The van der Waals surface area contributed by atoms with Gasteiger partial charge in [0.15, 0.2) is 0 Å². The number of nitrogens with zero attached hydrogens (tertiary/aromatic N) is 1. The van der Waals surface area contributed by atoms with Crippen molar-refractivity contribution in [1.82, 2.24) is 10.6 Å². The van der Waals surface area contributed by atoms with Crippen molar-refractivity contribution in [2.45, 2.75) is 19.3 Å². The Balaban J connectivity index is 2.26. The molecule has 0 aromatic heterocycles. The summed E-state index contributed by atoms with van der Waals surface area (Å²) in [4.78, 5) is 11.6. The van der Waals surface area contributed by atoms with Gasteiger partial charge in [-0.25, -0.2) is 0 Å². The van der Waals surface area contributed by atoms with Gasteiger partial charge < -0.3 is 10.6 Å². The molecule has 112 valence electrons. The quantitative estimate of drug-likeness (QED) is 0.318. The average Bonchev–Trinajstić information content (AvgIpc) is 2.52. The van der Waals surface area contributed by atoms with Gasteiger partial charge in [0.1, 0.15) is 11.6 Å². The van der Waals surface area contributed by atoms with E-state index in [1.54, 1.807) is 0 Å². The van der Waals surface area contributed by atoms with Crippen LogP contribution in [0.25, 0.3) is 0 Å². The van der Waals surface area contributed by atoms with E-state index in [1.165, 1.54) is 11.8 Å². The monoisotopic (exact) mass is 305 g/mol. The Hall–Kier alpha value is -1.99. The second kappa shape index (κ2) is 10.8. The van der Waals surface area contributed by atoms with E-state index in [-0.39, 0.29) is 11.5 Å². The molecule has 1 amide bonds. The first-order valence-electron chi connectivity index (χ1n) is 6.99. The largest absolute Gasteiger partial charge is 0.390 e. The van der Waals surface area contributed by atoms with Gasteiger partial charge in [0.05, 0.1) is 0 Å². The van der Waals surface area contributed by atoms with Crippen molar-refractivity contribution in [2.24, 2.45) is 0 Å². The minimum absolute atomic E-state index is 0.0873. The maximum absolute atomic E-state index is 11.6. The lowest BCUT2D eigenvalue weighted by molar-refractivity contribution is -0.117. The molecule has 0 heterocycles. The minimum Gasteiger partial charge on any atom is -0.390 e. The molecule has 1 aromatic carbocycles. The third-order valence-electron chi connectivity index (χ3n) is 2.84. The molecule has 0 fully saturated rings. The Labute approximate surface area is 130 Å².